The highest BCUT2D eigenvalue weighted by Gasteiger charge is 2.24. The zero-order valence-corrected chi connectivity index (χ0v) is 19.5. The summed E-state index contributed by atoms with van der Waals surface area (Å²) in [7, 11) is 1.63. The van der Waals surface area contributed by atoms with E-state index in [1.54, 1.807) is 23.0 Å². The predicted octanol–water partition coefficient (Wildman–Crippen LogP) is 3.77. The first-order valence-corrected chi connectivity index (χ1v) is 12.8. The van der Waals surface area contributed by atoms with Crippen LogP contribution < -0.4 is 10.9 Å². The van der Waals surface area contributed by atoms with Crippen LogP contribution in [0.1, 0.15) is 55.9 Å². The third-order valence-corrected chi connectivity index (χ3v) is 8.51. The molecule has 0 aliphatic heterocycles. The largest absolute Gasteiger partial charge is 0.383 e. The Bertz CT molecular complexity index is 969. The van der Waals surface area contributed by atoms with Crippen molar-refractivity contribution >= 4 is 39.2 Å². The second kappa shape index (κ2) is 9.83. The molecule has 2 aliphatic carbocycles. The Labute approximate surface area is 185 Å². The molecule has 0 spiro atoms. The molecular formula is C22H31N3O3S2. The van der Waals surface area contributed by atoms with Gasteiger partial charge in [-0.3, -0.25) is 14.2 Å². The van der Waals surface area contributed by atoms with Crippen LogP contribution >= 0.6 is 23.1 Å². The number of nitrogens with zero attached hydrogens (tertiary/aromatic N) is 2. The fourth-order valence-corrected chi connectivity index (χ4v) is 6.76. The van der Waals surface area contributed by atoms with Crippen LogP contribution in [0, 0.1) is 5.92 Å². The molecule has 4 rings (SSSR count). The van der Waals surface area contributed by atoms with Crippen molar-refractivity contribution in [1.82, 2.24) is 14.9 Å². The van der Waals surface area contributed by atoms with E-state index < -0.39 is 0 Å². The molecule has 6 nitrogen and oxygen atoms in total. The number of aryl methyl sites for hydroxylation is 2. The van der Waals surface area contributed by atoms with Gasteiger partial charge < -0.3 is 10.1 Å². The van der Waals surface area contributed by atoms with E-state index in [1.807, 2.05) is 0 Å². The fourth-order valence-electron chi connectivity index (χ4n) is 4.62. The lowest BCUT2D eigenvalue weighted by molar-refractivity contribution is -0.119. The van der Waals surface area contributed by atoms with Gasteiger partial charge in [-0.05, 0) is 50.0 Å². The van der Waals surface area contributed by atoms with Gasteiger partial charge in [-0.15, -0.1) is 11.3 Å². The van der Waals surface area contributed by atoms with E-state index in [1.165, 1.54) is 47.9 Å². The molecule has 8 heteroatoms. The van der Waals surface area contributed by atoms with Crippen LogP contribution in [0.4, 0.5) is 0 Å². The number of rotatable bonds is 7. The lowest BCUT2D eigenvalue weighted by atomic mass is 9.86. The number of hydrogen-bond acceptors (Lipinski definition) is 6. The van der Waals surface area contributed by atoms with Gasteiger partial charge >= 0.3 is 0 Å². The molecule has 1 N–H and O–H groups in total. The molecule has 0 aromatic carbocycles. The van der Waals surface area contributed by atoms with Crippen molar-refractivity contribution in [2.75, 3.05) is 19.5 Å². The smallest absolute Gasteiger partial charge is 0.263 e. The van der Waals surface area contributed by atoms with Gasteiger partial charge in [0.1, 0.15) is 4.83 Å². The minimum absolute atomic E-state index is 0.0141. The summed E-state index contributed by atoms with van der Waals surface area (Å²) in [5.41, 5.74) is 1.21. The third-order valence-electron chi connectivity index (χ3n) is 6.35. The number of fused-ring (bicyclic) bond motifs is 3. The normalized spacial score (nSPS) is 21.5. The summed E-state index contributed by atoms with van der Waals surface area (Å²) in [6, 6.07) is 0.266. The predicted molar refractivity (Wildman–Crippen MR) is 123 cm³/mol. The number of hydrogen-bond donors (Lipinski definition) is 1. The molecule has 30 heavy (non-hydrogen) atoms. The van der Waals surface area contributed by atoms with Crippen molar-refractivity contribution in [3.63, 3.8) is 0 Å². The lowest BCUT2D eigenvalue weighted by Gasteiger charge is -2.29. The van der Waals surface area contributed by atoms with Crippen molar-refractivity contribution < 1.29 is 9.53 Å². The van der Waals surface area contributed by atoms with Gasteiger partial charge in [-0.2, -0.15) is 0 Å². The Kier molecular flexibility index (Phi) is 7.16. The summed E-state index contributed by atoms with van der Waals surface area (Å²) in [5.74, 6) is 0.829. The van der Waals surface area contributed by atoms with E-state index in [0.29, 0.717) is 24.2 Å². The number of nitrogens with one attached hydrogen (secondary N) is 1. The van der Waals surface area contributed by atoms with Crippen LogP contribution in [0.3, 0.4) is 0 Å². The molecule has 164 valence electrons. The van der Waals surface area contributed by atoms with Gasteiger partial charge in [0.2, 0.25) is 5.91 Å². The Balaban J connectivity index is 1.56. The van der Waals surface area contributed by atoms with E-state index in [4.69, 9.17) is 9.72 Å². The maximum atomic E-state index is 13.4. The number of carbonyl (C=O) groups is 1. The highest BCUT2D eigenvalue weighted by Crippen LogP contribution is 2.34. The quantitative estimate of drug-likeness (QED) is 0.515. The van der Waals surface area contributed by atoms with Gasteiger partial charge in [-0.25, -0.2) is 4.98 Å². The molecule has 2 aromatic rings. The molecule has 1 amide bonds. The lowest BCUT2D eigenvalue weighted by Crippen LogP contribution is -2.42. The molecule has 2 heterocycles. The van der Waals surface area contributed by atoms with Gasteiger partial charge in [0.15, 0.2) is 5.16 Å². The Morgan fingerprint density at radius 2 is 2.07 bits per heavy atom. The molecule has 1 saturated carbocycles. The van der Waals surface area contributed by atoms with E-state index in [2.05, 4.69) is 12.2 Å². The van der Waals surface area contributed by atoms with Crippen LogP contribution in [0.5, 0.6) is 0 Å². The number of carbonyl (C=O) groups excluding carboxylic acids is 1. The summed E-state index contributed by atoms with van der Waals surface area (Å²) in [6.07, 6.45) is 8.98. The molecule has 2 aromatic heterocycles. The Morgan fingerprint density at radius 1 is 1.27 bits per heavy atom. The molecule has 0 radical (unpaired) electrons. The fraction of sp³-hybridized carbons (Fsp3) is 0.682. The molecule has 0 unspecified atom stereocenters. The second-order valence-electron chi connectivity index (χ2n) is 8.46. The molecular weight excluding hydrogens is 418 g/mol. The van der Waals surface area contributed by atoms with Crippen LogP contribution in [0.25, 0.3) is 10.2 Å². The summed E-state index contributed by atoms with van der Waals surface area (Å²) in [5, 5.41) is 4.60. The number of thiophene rings is 1. The van der Waals surface area contributed by atoms with E-state index >= 15 is 0 Å². The van der Waals surface area contributed by atoms with Gasteiger partial charge in [0.25, 0.3) is 5.56 Å². The molecule has 1 fully saturated rings. The van der Waals surface area contributed by atoms with Gasteiger partial charge in [0.05, 0.1) is 24.3 Å². The molecule has 2 atom stereocenters. The standard InChI is InChI=1S/C22H31N3O3S2/c1-14-7-3-5-9-16(14)23-18(26)13-29-22-24-20-19(21(27)25(22)11-12-28-2)15-8-4-6-10-17(15)30-20/h14,16H,3-13H2,1-2H3,(H,23,26)/t14-,16-/m1/s1. The zero-order valence-electron chi connectivity index (χ0n) is 17.9. The van der Waals surface area contributed by atoms with Crippen LogP contribution in [-0.2, 0) is 28.9 Å². The SMILES string of the molecule is COCCn1c(SCC(=O)N[C@@H]2CCCC[C@H]2C)nc2sc3c(c2c1=O)CCCC3. The van der Waals surface area contributed by atoms with E-state index in [9.17, 15) is 9.59 Å². The minimum Gasteiger partial charge on any atom is -0.383 e. The Hall–Kier alpha value is -1.38. The number of methoxy groups -OCH3 is 1. The topological polar surface area (TPSA) is 73.2 Å². The van der Waals surface area contributed by atoms with Crippen LogP contribution in [0.15, 0.2) is 9.95 Å². The maximum absolute atomic E-state index is 13.4. The summed E-state index contributed by atoms with van der Waals surface area (Å²) in [6.45, 7) is 3.11. The minimum atomic E-state index is 0.0141. The summed E-state index contributed by atoms with van der Waals surface area (Å²) < 4.78 is 6.93. The number of thioether (sulfide) groups is 1. The van der Waals surface area contributed by atoms with Crippen molar-refractivity contribution in [3.8, 4) is 0 Å². The summed E-state index contributed by atoms with van der Waals surface area (Å²) in [4.78, 5) is 32.9. The zero-order chi connectivity index (χ0) is 21.1. The van der Waals surface area contributed by atoms with Crippen LogP contribution in [0.2, 0.25) is 0 Å². The third kappa shape index (κ3) is 4.60. The first-order chi connectivity index (χ1) is 14.6. The molecule has 2 aliphatic rings. The van der Waals surface area contributed by atoms with Crippen molar-refractivity contribution in [1.29, 1.82) is 0 Å². The highest BCUT2D eigenvalue weighted by atomic mass is 32.2. The monoisotopic (exact) mass is 449 g/mol. The van der Waals surface area contributed by atoms with Crippen molar-refractivity contribution in [2.24, 2.45) is 5.92 Å². The number of aromatic nitrogens is 2. The maximum Gasteiger partial charge on any atom is 0.263 e. The number of ether oxygens (including phenoxy) is 1. The highest BCUT2D eigenvalue weighted by molar-refractivity contribution is 7.99. The second-order valence-corrected chi connectivity index (χ2v) is 10.5. The van der Waals surface area contributed by atoms with Crippen molar-refractivity contribution in [2.45, 2.75) is 76.0 Å². The Morgan fingerprint density at radius 3 is 2.87 bits per heavy atom. The van der Waals surface area contributed by atoms with Crippen LogP contribution in [-0.4, -0.2) is 41.0 Å². The number of amides is 1. The van der Waals surface area contributed by atoms with Crippen molar-refractivity contribution in [3.05, 3.63) is 20.8 Å². The molecule has 0 saturated heterocycles. The first kappa shape index (κ1) is 21.8. The van der Waals surface area contributed by atoms with Gasteiger partial charge in [-0.1, -0.05) is 31.5 Å². The van der Waals surface area contributed by atoms with Gasteiger partial charge in [0, 0.05) is 18.0 Å². The first-order valence-electron chi connectivity index (χ1n) is 11.0. The summed E-state index contributed by atoms with van der Waals surface area (Å²) >= 11 is 3.02. The van der Waals surface area contributed by atoms with E-state index in [-0.39, 0.29) is 23.3 Å². The molecule has 0 bridgehead atoms. The average Bonchev–Trinajstić information content (AvgIpc) is 3.12. The van der Waals surface area contributed by atoms with E-state index in [0.717, 1.165) is 35.9 Å². The average molecular weight is 450 g/mol.